The van der Waals surface area contributed by atoms with Crippen LogP contribution in [0.15, 0.2) is 28.7 Å². The Kier molecular flexibility index (Phi) is 4.93. The van der Waals surface area contributed by atoms with Crippen molar-refractivity contribution >= 4 is 38.3 Å². The Labute approximate surface area is 174 Å². The third-order valence-corrected chi connectivity index (χ3v) is 5.99. The smallest absolute Gasteiger partial charge is 0.399 e. The summed E-state index contributed by atoms with van der Waals surface area (Å²) in [7, 11) is 0. The zero-order chi connectivity index (χ0) is 20.9. The number of anilines is 2. The van der Waals surface area contributed by atoms with Gasteiger partial charge in [0.25, 0.3) is 0 Å². The minimum absolute atomic E-state index is 0.0766. The summed E-state index contributed by atoms with van der Waals surface area (Å²) in [5.41, 5.74) is 8.90. The summed E-state index contributed by atoms with van der Waals surface area (Å²) in [6.45, 7) is 3.61. The van der Waals surface area contributed by atoms with Crippen LogP contribution in [0.5, 0.6) is 0 Å². The van der Waals surface area contributed by atoms with E-state index in [0.29, 0.717) is 17.2 Å². The maximum atomic E-state index is 13.2. The monoisotopic (exact) mass is 464 g/mol. The molecule has 1 heterocycles. The second kappa shape index (κ2) is 7.16. The highest BCUT2D eigenvalue weighted by Crippen LogP contribution is 2.38. The van der Waals surface area contributed by atoms with Gasteiger partial charge in [-0.25, -0.2) is 9.97 Å². The first kappa shape index (κ1) is 19.9. The van der Waals surface area contributed by atoms with Crippen LogP contribution in [-0.4, -0.2) is 9.97 Å². The first-order chi connectivity index (χ1) is 13.6. The molecule has 4 nitrogen and oxygen atoms in total. The summed E-state index contributed by atoms with van der Waals surface area (Å²) in [6, 6.07) is 5.19. The fourth-order valence-corrected chi connectivity index (χ4v) is 4.59. The molecular weight excluding hydrogens is 445 g/mol. The molecule has 0 unspecified atom stereocenters. The highest BCUT2D eigenvalue weighted by Gasteiger charge is 2.31. The molecule has 152 valence electrons. The fourth-order valence-electron chi connectivity index (χ4n) is 3.92. The van der Waals surface area contributed by atoms with Crippen LogP contribution in [0.25, 0.3) is 10.9 Å². The number of fused-ring (bicyclic) bond motifs is 3. The number of nitrogens with one attached hydrogen (secondary N) is 1. The molecule has 0 spiro atoms. The van der Waals surface area contributed by atoms with Crippen LogP contribution in [0.3, 0.4) is 0 Å². The molecular formula is C21H20BrF3N4. The van der Waals surface area contributed by atoms with Crippen molar-refractivity contribution < 1.29 is 13.2 Å². The van der Waals surface area contributed by atoms with Crippen molar-refractivity contribution in [1.82, 2.24) is 9.97 Å². The van der Waals surface area contributed by atoms with E-state index in [9.17, 15) is 13.2 Å². The number of aryl methyl sites for hydroxylation is 2. The quantitative estimate of drug-likeness (QED) is 0.469. The lowest BCUT2D eigenvalue weighted by atomic mass is 10.0. The zero-order valence-electron chi connectivity index (χ0n) is 16.0. The minimum Gasteiger partial charge on any atom is -0.399 e. The van der Waals surface area contributed by atoms with E-state index < -0.39 is 17.8 Å². The van der Waals surface area contributed by atoms with Crippen molar-refractivity contribution in [2.75, 3.05) is 11.1 Å². The summed E-state index contributed by atoms with van der Waals surface area (Å²) in [6.07, 6.45) is -1.40. The van der Waals surface area contributed by atoms with E-state index in [1.165, 1.54) is 11.1 Å². The van der Waals surface area contributed by atoms with Gasteiger partial charge in [-0.05, 0) is 74.1 Å². The SMILES string of the molecule is Cc1nc(N[C@H](C)c2cc(N)cc(C(F)(F)F)c2)c2cc(Br)c3c(c2n1)CCC3. The molecule has 0 radical (unpaired) electrons. The Morgan fingerprint density at radius 3 is 2.55 bits per heavy atom. The van der Waals surface area contributed by atoms with E-state index in [1.54, 1.807) is 13.0 Å². The van der Waals surface area contributed by atoms with Gasteiger partial charge in [-0.15, -0.1) is 0 Å². The van der Waals surface area contributed by atoms with Gasteiger partial charge in [-0.1, -0.05) is 15.9 Å². The third kappa shape index (κ3) is 3.77. The van der Waals surface area contributed by atoms with E-state index in [1.807, 2.05) is 13.0 Å². The van der Waals surface area contributed by atoms with Gasteiger partial charge in [0.1, 0.15) is 11.6 Å². The van der Waals surface area contributed by atoms with E-state index in [4.69, 9.17) is 5.73 Å². The average Bonchev–Trinajstić information content (AvgIpc) is 3.12. The first-order valence-corrected chi connectivity index (χ1v) is 10.2. The van der Waals surface area contributed by atoms with Crippen LogP contribution in [0, 0.1) is 6.92 Å². The van der Waals surface area contributed by atoms with E-state index >= 15 is 0 Å². The standard InChI is InChI=1S/C21H20BrF3N4/c1-10(12-6-13(21(23,24)25)8-14(26)7-12)27-20-17-9-18(22)15-4-3-5-16(15)19(17)28-11(2)29-20/h6-10H,3-5,26H2,1-2H3,(H,27,28,29)/t10-/m1/s1. The topological polar surface area (TPSA) is 63.8 Å². The van der Waals surface area contributed by atoms with Crippen molar-refractivity contribution in [3.8, 4) is 0 Å². The van der Waals surface area contributed by atoms with Gasteiger partial charge < -0.3 is 11.1 Å². The molecule has 0 bridgehead atoms. The molecule has 1 aromatic heterocycles. The lowest BCUT2D eigenvalue weighted by molar-refractivity contribution is -0.137. The maximum absolute atomic E-state index is 13.2. The molecule has 2 aromatic carbocycles. The number of nitrogens with zero attached hydrogens (tertiary/aromatic N) is 2. The minimum atomic E-state index is -4.45. The molecule has 1 aliphatic rings. The Hall–Kier alpha value is -2.35. The number of aromatic nitrogens is 2. The van der Waals surface area contributed by atoms with Crippen LogP contribution in [0.2, 0.25) is 0 Å². The number of alkyl halides is 3. The molecule has 0 amide bonds. The lowest BCUT2D eigenvalue weighted by Gasteiger charge is -2.20. The summed E-state index contributed by atoms with van der Waals surface area (Å²) in [5.74, 6) is 1.22. The number of hydrogen-bond donors (Lipinski definition) is 2. The predicted molar refractivity (Wildman–Crippen MR) is 112 cm³/mol. The molecule has 3 aromatic rings. The van der Waals surface area contributed by atoms with Crippen LogP contribution in [-0.2, 0) is 19.0 Å². The van der Waals surface area contributed by atoms with Gasteiger partial charge in [0.2, 0.25) is 0 Å². The molecule has 29 heavy (non-hydrogen) atoms. The van der Waals surface area contributed by atoms with Crippen molar-refractivity contribution in [3.05, 3.63) is 56.8 Å². The molecule has 0 aliphatic heterocycles. The van der Waals surface area contributed by atoms with E-state index in [0.717, 1.165) is 46.8 Å². The van der Waals surface area contributed by atoms with Gasteiger partial charge in [0, 0.05) is 15.5 Å². The largest absolute Gasteiger partial charge is 0.416 e. The number of nitrogens with two attached hydrogens (primary N) is 1. The number of benzene rings is 2. The van der Waals surface area contributed by atoms with Crippen molar-refractivity contribution in [1.29, 1.82) is 0 Å². The van der Waals surface area contributed by atoms with Gasteiger partial charge >= 0.3 is 6.18 Å². The third-order valence-electron chi connectivity index (χ3n) is 5.28. The molecule has 8 heteroatoms. The molecule has 3 N–H and O–H groups in total. The van der Waals surface area contributed by atoms with Crippen molar-refractivity contribution in [3.63, 3.8) is 0 Å². The Morgan fingerprint density at radius 2 is 1.83 bits per heavy atom. The summed E-state index contributed by atoms with van der Waals surface area (Å²) >= 11 is 3.65. The molecule has 1 aliphatic carbocycles. The lowest BCUT2D eigenvalue weighted by Crippen LogP contribution is -2.13. The second-order valence-electron chi connectivity index (χ2n) is 7.44. The van der Waals surface area contributed by atoms with Gasteiger partial charge in [0.05, 0.1) is 17.1 Å². The molecule has 1 atom stereocenters. The van der Waals surface area contributed by atoms with E-state index in [2.05, 4.69) is 31.2 Å². The average molecular weight is 465 g/mol. The Balaban J connectivity index is 1.77. The Bertz CT molecular complexity index is 1110. The van der Waals surface area contributed by atoms with Crippen molar-refractivity contribution in [2.24, 2.45) is 0 Å². The highest BCUT2D eigenvalue weighted by molar-refractivity contribution is 9.10. The van der Waals surface area contributed by atoms with Gasteiger partial charge in [-0.3, -0.25) is 0 Å². The second-order valence-corrected chi connectivity index (χ2v) is 8.29. The summed E-state index contributed by atoms with van der Waals surface area (Å²) in [4.78, 5) is 9.18. The van der Waals surface area contributed by atoms with Crippen LogP contribution in [0.1, 0.15) is 47.5 Å². The Morgan fingerprint density at radius 1 is 1.10 bits per heavy atom. The fraction of sp³-hybridized carbons (Fsp3) is 0.333. The maximum Gasteiger partial charge on any atom is 0.416 e. The van der Waals surface area contributed by atoms with Crippen LogP contribution >= 0.6 is 15.9 Å². The molecule has 0 saturated carbocycles. The number of rotatable bonds is 3. The summed E-state index contributed by atoms with van der Waals surface area (Å²) < 4.78 is 40.5. The number of halogens is 4. The first-order valence-electron chi connectivity index (χ1n) is 9.36. The zero-order valence-corrected chi connectivity index (χ0v) is 17.6. The number of nitrogen functional groups attached to an aromatic ring is 1. The van der Waals surface area contributed by atoms with Gasteiger partial charge in [-0.2, -0.15) is 13.2 Å². The summed E-state index contributed by atoms with van der Waals surface area (Å²) in [5, 5.41) is 4.13. The van der Waals surface area contributed by atoms with Crippen molar-refractivity contribution in [2.45, 2.75) is 45.3 Å². The predicted octanol–water partition coefficient (Wildman–Crippen LogP) is 5.96. The normalized spacial score (nSPS) is 14.8. The molecule has 0 fully saturated rings. The van der Waals surface area contributed by atoms with Gasteiger partial charge in [0.15, 0.2) is 0 Å². The van der Waals surface area contributed by atoms with Crippen LogP contribution < -0.4 is 11.1 Å². The molecule has 4 rings (SSSR count). The van der Waals surface area contributed by atoms with Crippen LogP contribution in [0.4, 0.5) is 24.7 Å². The highest BCUT2D eigenvalue weighted by atomic mass is 79.9. The van der Waals surface area contributed by atoms with E-state index in [-0.39, 0.29) is 5.69 Å². The number of hydrogen-bond acceptors (Lipinski definition) is 4. The molecule has 0 saturated heterocycles.